The Morgan fingerprint density at radius 3 is 2.74 bits per heavy atom. The molecule has 3 heterocycles. The zero-order chi connectivity index (χ0) is 16.4. The molecule has 0 bridgehead atoms. The van der Waals surface area contributed by atoms with Gasteiger partial charge < -0.3 is 14.8 Å². The lowest BCUT2D eigenvalue weighted by Crippen LogP contribution is -2.36. The molecule has 1 saturated heterocycles. The van der Waals surface area contributed by atoms with Crippen molar-refractivity contribution in [2.45, 2.75) is 25.3 Å². The molecule has 0 radical (unpaired) electrons. The number of nitrogens with zero attached hydrogens (tertiary/aromatic N) is 4. The van der Waals surface area contributed by atoms with Gasteiger partial charge in [0.25, 0.3) is 5.91 Å². The monoisotopic (exact) mass is 377 g/mol. The Kier molecular flexibility index (Phi) is 4.66. The van der Waals surface area contributed by atoms with Crippen LogP contribution < -0.4 is 10.2 Å². The fourth-order valence-corrected chi connectivity index (χ4v) is 3.35. The van der Waals surface area contributed by atoms with E-state index in [2.05, 4.69) is 36.1 Å². The maximum absolute atomic E-state index is 11.9. The van der Waals surface area contributed by atoms with Crippen LogP contribution in [0.5, 0.6) is 0 Å². The quantitative estimate of drug-likeness (QED) is 0.892. The molecule has 0 aliphatic carbocycles. The number of hydrogen-bond donors (Lipinski definition) is 1. The standard InChI is InChI=1S/C16H20BrN5O/c1-18-15(23)14-7-6-12(21(14)2)13-5-3-4-8-22(13)16-19-9-11(17)10-20-16/h6-7,9-10,13H,3-5,8H2,1-2H3,(H,18,23). The van der Waals surface area contributed by atoms with Crippen molar-refractivity contribution in [1.29, 1.82) is 0 Å². The zero-order valence-corrected chi connectivity index (χ0v) is 14.9. The Labute approximate surface area is 144 Å². The van der Waals surface area contributed by atoms with Crippen LogP contribution in [-0.4, -0.2) is 34.0 Å². The van der Waals surface area contributed by atoms with Crippen molar-refractivity contribution in [3.05, 3.63) is 40.4 Å². The van der Waals surface area contributed by atoms with Crippen molar-refractivity contribution in [3.63, 3.8) is 0 Å². The van der Waals surface area contributed by atoms with E-state index in [0.717, 1.165) is 41.9 Å². The molecule has 1 unspecified atom stereocenters. The molecule has 7 heteroatoms. The summed E-state index contributed by atoms with van der Waals surface area (Å²) in [5, 5.41) is 2.68. The molecule has 1 fully saturated rings. The van der Waals surface area contributed by atoms with Gasteiger partial charge in [0.15, 0.2) is 0 Å². The lowest BCUT2D eigenvalue weighted by atomic mass is 10.00. The van der Waals surface area contributed by atoms with E-state index in [9.17, 15) is 4.79 Å². The summed E-state index contributed by atoms with van der Waals surface area (Å²) in [6.45, 7) is 0.923. The van der Waals surface area contributed by atoms with Crippen molar-refractivity contribution in [2.24, 2.45) is 7.05 Å². The average Bonchev–Trinajstić information content (AvgIpc) is 2.96. The van der Waals surface area contributed by atoms with Gasteiger partial charge in [-0.15, -0.1) is 0 Å². The molecule has 0 saturated carbocycles. The van der Waals surface area contributed by atoms with Crippen molar-refractivity contribution >= 4 is 27.8 Å². The van der Waals surface area contributed by atoms with Crippen LogP contribution in [0.1, 0.15) is 41.5 Å². The maximum atomic E-state index is 11.9. The molecule has 0 aromatic carbocycles. The summed E-state index contributed by atoms with van der Waals surface area (Å²) in [4.78, 5) is 23.1. The highest BCUT2D eigenvalue weighted by Crippen LogP contribution is 2.34. The highest BCUT2D eigenvalue weighted by atomic mass is 79.9. The third kappa shape index (κ3) is 3.10. The first-order valence-corrected chi connectivity index (χ1v) is 8.53. The molecule has 2 aromatic heterocycles. The van der Waals surface area contributed by atoms with Crippen LogP contribution in [-0.2, 0) is 7.05 Å². The van der Waals surface area contributed by atoms with Crippen molar-refractivity contribution in [3.8, 4) is 0 Å². The summed E-state index contributed by atoms with van der Waals surface area (Å²) in [5.41, 5.74) is 1.79. The summed E-state index contributed by atoms with van der Waals surface area (Å²) < 4.78 is 2.84. The fourth-order valence-electron chi connectivity index (χ4n) is 3.15. The van der Waals surface area contributed by atoms with E-state index in [1.165, 1.54) is 0 Å². The second-order valence-electron chi connectivity index (χ2n) is 5.69. The Bertz CT molecular complexity index is 697. The zero-order valence-electron chi connectivity index (χ0n) is 13.3. The van der Waals surface area contributed by atoms with E-state index in [-0.39, 0.29) is 11.9 Å². The first-order chi connectivity index (χ1) is 11.1. The highest BCUT2D eigenvalue weighted by molar-refractivity contribution is 9.10. The van der Waals surface area contributed by atoms with Gasteiger partial charge in [0.1, 0.15) is 5.69 Å². The molecule has 3 rings (SSSR count). The van der Waals surface area contributed by atoms with E-state index in [4.69, 9.17) is 0 Å². The first-order valence-electron chi connectivity index (χ1n) is 7.73. The second kappa shape index (κ2) is 6.70. The summed E-state index contributed by atoms with van der Waals surface area (Å²) >= 11 is 3.38. The van der Waals surface area contributed by atoms with E-state index in [1.807, 2.05) is 23.7 Å². The average molecular weight is 378 g/mol. The van der Waals surface area contributed by atoms with Crippen LogP contribution in [0.25, 0.3) is 0 Å². The maximum Gasteiger partial charge on any atom is 0.267 e. The smallest absolute Gasteiger partial charge is 0.267 e. The molecule has 2 aromatic rings. The summed E-state index contributed by atoms with van der Waals surface area (Å²) in [6, 6.07) is 4.10. The number of anilines is 1. The lowest BCUT2D eigenvalue weighted by Gasteiger charge is -2.36. The molecule has 23 heavy (non-hydrogen) atoms. The SMILES string of the molecule is CNC(=O)c1ccc(C2CCCCN2c2ncc(Br)cn2)n1C. The van der Waals surface area contributed by atoms with Gasteiger partial charge >= 0.3 is 0 Å². The molecule has 1 aliphatic heterocycles. The largest absolute Gasteiger partial charge is 0.354 e. The van der Waals surface area contributed by atoms with Crippen molar-refractivity contribution < 1.29 is 4.79 Å². The minimum absolute atomic E-state index is 0.0685. The molecular formula is C16H20BrN5O. The lowest BCUT2D eigenvalue weighted by molar-refractivity contribution is 0.0954. The number of nitrogens with one attached hydrogen (secondary N) is 1. The molecule has 1 amide bonds. The van der Waals surface area contributed by atoms with Gasteiger partial charge in [-0.3, -0.25) is 4.79 Å². The van der Waals surface area contributed by atoms with Gasteiger partial charge in [-0.05, 0) is 47.3 Å². The van der Waals surface area contributed by atoms with Crippen LogP contribution in [0.3, 0.4) is 0 Å². The van der Waals surface area contributed by atoms with Crippen LogP contribution in [0.4, 0.5) is 5.95 Å². The van der Waals surface area contributed by atoms with Gasteiger partial charge in [0.05, 0.1) is 10.5 Å². The number of aromatic nitrogens is 3. The first kappa shape index (κ1) is 16.0. The molecule has 1 atom stereocenters. The summed E-state index contributed by atoms with van der Waals surface area (Å²) in [7, 11) is 3.59. The number of piperidine rings is 1. The van der Waals surface area contributed by atoms with Gasteiger partial charge in [0, 0.05) is 38.7 Å². The molecule has 6 nitrogen and oxygen atoms in total. The number of carbonyl (C=O) groups is 1. The molecule has 1 N–H and O–H groups in total. The van der Waals surface area contributed by atoms with E-state index in [0.29, 0.717) is 5.69 Å². The minimum Gasteiger partial charge on any atom is -0.354 e. The second-order valence-corrected chi connectivity index (χ2v) is 6.60. The number of carbonyl (C=O) groups excluding carboxylic acids is 1. The Morgan fingerprint density at radius 1 is 1.30 bits per heavy atom. The third-order valence-electron chi connectivity index (χ3n) is 4.33. The van der Waals surface area contributed by atoms with Crippen LogP contribution >= 0.6 is 15.9 Å². The Hall–Kier alpha value is -1.89. The van der Waals surface area contributed by atoms with Gasteiger partial charge in [0.2, 0.25) is 5.95 Å². The number of rotatable bonds is 3. The molecule has 122 valence electrons. The number of amides is 1. The fraction of sp³-hybridized carbons (Fsp3) is 0.438. The van der Waals surface area contributed by atoms with Gasteiger partial charge in [-0.25, -0.2) is 9.97 Å². The normalized spacial score (nSPS) is 18.0. The Morgan fingerprint density at radius 2 is 2.04 bits per heavy atom. The molecular weight excluding hydrogens is 358 g/mol. The predicted molar refractivity (Wildman–Crippen MR) is 92.5 cm³/mol. The van der Waals surface area contributed by atoms with Crippen molar-refractivity contribution in [1.82, 2.24) is 19.9 Å². The minimum atomic E-state index is -0.0685. The van der Waals surface area contributed by atoms with Gasteiger partial charge in [-0.2, -0.15) is 0 Å². The number of hydrogen-bond acceptors (Lipinski definition) is 4. The van der Waals surface area contributed by atoms with Crippen molar-refractivity contribution in [2.75, 3.05) is 18.5 Å². The summed E-state index contributed by atoms with van der Waals surface area (Å²) in [6.07, 6.45) is 6.87. The van der Waals surface area contributed by atoms with Crippen LogP contribution in [0.2, 0.25) is 0 Å². The van der Waals surface area contributed by atoms with E-state index >= 15 is 0 Å². The topological polar surface area (TPSA) is 63.1 Å². The van der Waals surface area contributed by atoms with E-state index in [1.54, 1.807) is 19.4 Å². The van der Waals surface area contributed by atoms with Gasteiger partial charge in [-0.1, -0.05) is 0 Å². The summed E-state index contributed by atoms with van der Waals surface area (Å²) in [5.74, 6) is 0.668. The molecule has 1 aliphatic rings. The Balaban J connectivity index is 1.94. The predicted octanol–water partition coefficient (Wildman–Crippen LogP) is 2.67. The third-order valence-corrected chi connectivity index (χ3v) is 4.74. The van der Waals surface area contributed by atoms with Crippen LogP contribution in [0, 0.1) is 0 Å². The highest BCUT2D eigenvalue weighted by Gasteiger charge is 2.28. The van der Waals surface area contributed by atoms with Crippen LogP contribution in [0.15, 0.2) is 29.0 Å². The van der Waals surface area contributed by atoms with E-state index < -0.39 is 0 Å². The number of halogens is 1. The molecule has 0 spiro atoms.